The van der Waals surface area contributed by atoms with Crippen LogP contribution in [0.2, 0.25) is 0 Å². The smallest absolute Gasteiger partial charge is 0.0722 e. The number of benzene rings is 3. The summed E-state index contributed by atoms with van der Waals surface area (Å²) in [5.41, 5.74) is 9.57. The lowest BCUT2D eigenvalue weighted by Gasteiger charge is -2.33. The average molecular weight is 572 g/mol. The van der Waals surface area contributed by atoms with Crippen LogP contribution in [-0.4, -0.2) is 0 Å². The van der Waals surface area contributed by atoms with Crippen LogP contribution in [0.1, 0.15) is 98.6 Å². The normalized spacial score (nSPS) is 13.5. The number of fused-ring (bicyclic) bond motifs is 3. The van der Waals surface area contributed by atoms with E-state index in [1.54, 1.807) is 0 Å². The van der Waals surface area contributed by atoms with E-state index < -0.39 is 0 Å². The molecule has 37 heavy (non-hydrogen) atoms. The fraction of sp³-hybridized carbons (Fsp3) is 0.371. The van der Waals surface area contributed by atoms with E-state index in [0.29, 0.717) is 0 Å². The fourth-order valence-electron chi connectivity index (χ4n) is 6.13. The molecule has 3 aromatic carbocycles. The van der Waals surface area contributed by atoms with E-state index in [2.05, 4.69) is 108 Å². The van der Waals surface area contributed by atoms with Crippen LogP contribution in [0, 0.1) is 0 Å². The summed E-state index contributed by atoms with van der Waals surface area (Å²) in [6, 6.07) is 28.4. The van der Waals surface area contributed by atoms with Gasteiger partial charge < -0.3 is 0 Å². The quantitative estimate of drug-likeness (QED) is 0.131. The molecule has 5 rings (SSSR count). The highest BCUT2D eigenvalue weighted by molar-refractivity contribution is 9.10. The summed E-state index contributed by atoms with van der Waals surface area (Å²) in [6.07, 6.45) is 12.8. The average Bonchev–Trinajstić information content (AvgIpc) is 3.50. The maximum Gasteiger partial charge on any atom is 0.0722 e. The lowest BCUT2D eigenvalue weighted by atomic mass is 9.68. The zero-order chi connectivity index (χ0) is 25.7. The highest BCUT2D eigenvalue weighted by atomic mass is 79.9. The molecule has 0 N–H and O–H groups in total. The zero-order valence-corrected chi connectivity index (χ0v) is 24.8. The Labute approximate surface area is 236 Å². The minimum atomic E-state index is -0.282. The number of halogens is 1. The maximum absolute atomic E-state index is 3.80. The number of thiophene rings is 1. The molecule has 0 nitrogen and oxygen atoms in total. The van der Waals surface area contributed by atoms with Crippen LogP contribution in [0.3, 0.4) is 0 Å². The summed E-state index contributed by atoms with van der Waals surface area (Å²) in [7, 11) is 0. The van der Waals surface area contributed by atoms with Gasteiger partial charge in [0.05, 0.1) is 5.41 Å². The highest BCUT2D eigenvalue weighted by Gasteiger charge is 2.46. The van der Waals surface area contributed by atoms with Crippen LogP contribution >= 0.6 is 27.3 Å². The SMILES string of the molecule is CCCCCCc1ccc(C2(c3ccc(CCCCCC)cc3)c3cc(Br)ccc3-c3sccc32)cc1. The first kappa shape index (κ1) is 26.4. The Hall–Kier alpha value is -2.16. The van der Waals surface area contributed by atoms with Crippen LogP contribution < -0.4 is 0 Å². The van der Waals surface area contributed by atoms with Crippen LogP contribution in [0.15, 0.2) is 82.6 Å². The third-order valence-electron chi connectivity index (χ3n) is 8.11. The maximum atomic E-state index is 3.80. The molecule has 0 spiro atoms. The molecule has 1 aliphatic rings. The lowest BCUT2D eigenvalue weighted by Crippen LogP contribution is -2.28. The van der Waals surface area contributed by atoms with Gasteiger partial charge in [0.25, 0.3) is 0 Å². The standard InChI is InChI=1S/C35H39BrS/c1-3-5-7-9-11-26-13-17-28(18-14-26)35(29-19-15-27(16-20-29)12-10-8-6-4-2)32-23-24-37-34(32)31-22-21-30(36)25-33(31)35/h13-25H,3-12H2,1-2H3. The number of aryl methyl sites for hydroxylation is 2. The van der Waals surface area contributed by atoms with Gasteiger partial charge in [-0.15, -0.1) is 11.3 Å². The van der Waals surface area contributed by atoms with Gasteiger partial charge in [-0.1, -0.05) is 123 Å². The summed E-state index contributed by atoms with van der Waals surface area (Å²) in [4.78, 5) is 1.41. The van der Waals surface area contributed by atoms with Gasteiger partial charge in [0.1, 0.15) is 0 Å². The van der Waals surface area contributed by atoms with Gasteiger partial charge in [-0.05, 0) is 88.2 Å². The summed E-state index contributed by atoms with van der Waals surface area (Å²) < 4.78 is 1.14. The van der Waals surface area contributed by atoms with Crippen molar-refractivity contribution >= 4 is 27.3 Å². The number of hydrogen-bond donors (Lipinski definition) is 0. The Morgan fingerprint density at radius 1 is 0.622 bits per heavy atom. The Morgan fingerprint density at radius 2 is 1.19 bits per heavy atom. The van der Waals surface area contributed by atoms with Gasteiger partial charge in [-0.25, -0.2) is 0 Å². The molecular weight excluding hydrogens is 532 g/mol. The first-order valence-corrected chi connectivity index (χ1v) is 15.9. The molecule has 0 amide bonds. The molecule has 0 atom stereocenters. The molecule has 0 aliphatic heterocycles. The van der Waals surface area contributed by atoms with E-state index in [4.69, 9.17) is 0 Å². The lowest BCUT2D eigenvalue weighted by molar-refractivity contribution is 0.666. The molecule has 1 aliphatic carbocycles. The topological polar surface area (TPSA) is 0 Å². The second-order valence-corrected chi connectivity index (χ2v) is 12.5. The third-order valence-corrected chi connectivity index (χ3v) is 9.55. The molecule has 1 heterocycles. The van der Waals surface area contributed by atoms with Crippen molar-refractivity contribution in [1.29, 1.82) is 0 Å². The number of hydrogen-bond acceptors (Lipinski definition) is 1. The first-order chi connectivity index (χ1) is 18.2. The van der Waals surface area contributed by atoms with Crippen molar-refractivity contribution in [2.24, 2.45) is 0 Å². The summed E-state index contributed by atoms with van der Waals surface area (Å²) >= 11 is 5.68. The Kier molecular flexibility index (Phi) is 8.67. The molecule has 0 saturated carbocycles. The van der Waals surface area contributed by atoms with Crippen molar-refractivity contribution < 1.29 is 0 Å². The van der Waals surface area contributed by atoms with Crippen molar-refractivity contribution in [1.82, 2.24) is 0 Å². The Morgan fingerprint density at radius 3 is 1.73 bits per heavy atom. The molecule has 192 valence electrons. The van der Waals surface area contributed by atoms with Gasteiger partial charge in [0.15, 0.2) is 0 Å². The predicted molar refractivity (Wildman–Crippen MR) is 165 cm³/mol. The van der Waals surface area contributed by atoms with Crippen molar-refractivity contribution in [2.75, 3.05) is 0 Å². The Bertz CT molecular complexity index is 1240. The molecule has 4 aromatic rings. The monoisotopic (exact) mass is 570 g/mol. The zero-order valence-electron chi connectivity index (χ0n) is 22.4. The van der Waals surface area contributed by atoms with Crippen LogP contribution in [0.25, 0.3) is 10.4 Å². The van der Waals surface area contributed by atoms with Crippen molar-refractivity contribution in [2.45, 2.75) is 83.5 Å². The van der Waals surface area contributed by atoms with E-state index >= 15 is 0 Å². The van der Waals surface area contributed by atoms with Gasteiger partial charge in [-0.2, -0.15) is 0 Å². The van der Waals surface area contributed by atoms with Gasteiger partial charge in [-0.3, -0.25) is 0 Å². The Balaban J connectivity index is 1.56. The van der Waals surface area contributed by atoms with E-state index in [0.717, 1.165) is 4.47 Å². The van der Waals surface area contributed by atoms with Crippen molar-refractivity contribution in [3.05, 3.63) is 116 Å². The van der Waals surface area contributed by atoms with Gasteiger partial charge in [0.2, 0.25) is 0 Å². The molecule has 2 heteroatoms. The van der Waals surface area contributed by atoms with E-state index in [9.17, 15) is 0 Å². The van der Waals surface area contributed by atoms with E-state index in [-0.39, 0.29) is 5.41 Å². The summed E-state index contributed by atoms with van der Waals surface area (Å²) in [5, 5.41) is 2.27. The first-order valence-electron chi connectivity index (χ1n) is 14.3. The highest BCUT2D eigenvalue weighted by Crippen LogP contribution is 2.58. The number of unbranched alkanes of at least 4 members (excludes halogenated alkanes) is 6. The van der Waals surface area contributed by atoms with Crippen LogP contribution in [-0.2, 0) is 18.3 Å². The van der Waals surface area contributed by atoms with Crippen LogP contribution in [0.5, 0.6) is 0 Å². The molecule has 0 unspecified atom stereocenters. The molecular formula is C35H39BrS. The number of rotatable bonds is 12. The minimum Gasteiger partial charge on any atom is -0.143 e. The molecule has 0 bridgehead atoms. The summed E-state index contributed by atoms with van der Waals surface area (Å²) in [5.74, 6) is 0. The third kappa shape index (κ3) is 5.25. The van der Waals surface area contributed by atoms with Gasteiger partial charge in [0, 0.05) is 9.35 Å². The molecule has 0 radical (unpaired) electrons. The molecule has 0 saturated heterocycles. The largest absolute Gasteiger partial charge is 0.143 e. The van der Waals surface area contributed by atoms with Crippen molar-refractivity contribution in [3.63, 3.8) is 0 Å². The van der Waals surface area contributed by atoms with E-state index in [1.807, 2.05) is 11.3 Å². The second kappa shape index (κ2) is 12.1. The van der Waals surface area contributed by atoms with E-state index in [1.165, 1.54) is 108 Å². The van der Waals surface area contributed by atoms with Crippen LogP contribution in [0.4, 0.5) is 0 Å². The summed E-state index contributed by atoms with van der Waals surface area (Å²) in [6.45, 7) is 4.56. The second-order valence-electron chi connectivity index (χ2n) is 10.6. The molecule has 0 fully saturated rings. The van der Waals surface area contributed by atoms with Gasteiger partial charge >= 0.3 is 0 Å². The fourth-order valence-corrected chi connectivity index (χ4v) is 7.48. The molecule has 1 aromatic heterocycles. The van der Waals surface area contributed by atoms with Crippen molar-refractivity contribution in [3.8, 4) is 10.4 Å². The predicted octanol–water partition coefficient (Wildman–Crippen LogP) is 11.1. The minimum absolute atomic E-state index is 0.282.